The molecule has 0 aromatic heterocycles. The fraction of sp³-hybridized carbons (Fsp3) is 0.429. The van der Waals surface area contributed by atoms with Crippen molar-refractivity contribution in [3.8, 4) is 0 Å². The number of nitrogen functional groups attached to an aromatic ring is 1. The molecule has 19 heavy (non-hydrogen) atoms. The van der Waals surface area contributed by atoms with Crippen molar-refractivity contribution in [2.24, 2.45) is 0 Å². The van der Waals surface area contributed by atoms with Crippen molar-refractivity contribution >= 4 is 21.3 Å². The molecule has 5 heteroatoms. The van der Waals surface area contributed by atoms with E-state index in [9.17, 15) is 8.42 Å². The molecule has 0 spiro atoms. The van der Waals surface area contributed by atoms with Gasteiger partial charge < -0.3 is 5.73 Å². The Kier molecular flexibility index (Phi) is 3.96. The van der Waals surface area contributed by atoms with Crippen molar-refractivity contribution in [1.82, 2.24) is 4.31 Å². The van der Waals surface area contributed by atoms with Crippen LogP contribution in [0.1, 0.15) is 24.5 Å². The lowest BCUT2D eigenvalue weighted by Crippen LogP contribution is -2.33. The highest BCUT2D eigenvalue weighted by atomic mass is 32.2. The van der Waals surface area contributed by atoms with Crippen molar-refractivity contribution in [2.75, 3.05) is 25.1 Å². The fourth-order valence-corrected chi connectivity index (χ4v) is 3.09. The normalized spacial score (nSPS) is 17.3. The van der Waals surface area contributed by atoms with E-state index in [1.807, 2.05) is 18.2 Å². The van der Waals surface area contributed by atoms with Gasteiger partial charge in [0.05, 0.1) is 6.26 Å². The molecular formula is C14H20N2O2S. The molecule has 1 aromatic carbocycles. The highest BCUT2D eigenvalue weighted by Gasteiger charge is 2.20. The van der Waals surface area contributed by atoms with Gasteiger partial charge in [-0.15, -0.1) is 0 Å². The zero-order valence-electron chi connectivity index (χ0n) is 11.4. The molecular weight excluding hydrogens is 260 g/mol. The van der Waals surface area contributed by atoms with Gasteiger partial charge in [0, 0.05) is 18.8 Å². The molecule has 2 rings (SSSR count). The molecule has 1 aliphatic heterocycles. The number of benzene rings is 1. The van der Waals surface area contributed by atoms with Crippen LogP contribution in [0.4, 0.5) is 5.69 Å². The van der Waals surface area contributed by atoms with Gasteiger partial charge in [0.15, 0.2) is 0 Å². The van der Waals surface area contributed by atoms with E-state index in [0.717, 1.165) is 29.7 Å². The van der Waals surface area contributed by atoms with E-state index in [1.165, 1.54) is 16.1 Å². The van der Waals surface area contributed by atoms with Gasteiger partial charge in [-0.05, 0) is 41.7 Å². The molecule has 1 aromatic rings. The second-order valence-electron chi connectivity index (χ2n) is 4.87. The Bertz CT molecular complexity index is 606. The molecule has 0 unspecified atom stereocenters. The predicted molar refractivity (Wildman–Crippen MR) is 79.2 cm³/mol. The highest BCUT2D eigenvalue weighted by molar-refractivity contribution is 7.88. The summed E-state index contributed by atoms with van der Waals surface area (Å²) in [5, 5.41) is 0. The Balaban J connectivity index is 2.23. The van der Waals surface area contributed by atoms with Crippen LogP contribution in [0.5, 0.6) is 0 Å². The molecule has 4 nitrogen and oxygen atoms in total. The number of nitrogens with two attached hydrogens (primary N) is 1. The van der Waals surface area contributed by atoms with Crippen LogP contribution in [0.3, 0.4) is 0 Å². The van der Waals surface area contributed by atoms with Gasteiger partial charge in [0.25, 0.3) is 0 Å². The summed E-state index contributed by atoms with van der Waals surface area (Å²) in [6.45, 7) is 3.09. The number of rotatable bonds is 3. The average molecular weight is 280 g/mol. The summed E-state index contributed by atoms with van der Waals surface area (Å²) < 4.78 is 24.4. The predicted octanol–water partition coefficient (Wildman–Crippen LogP) is 1.88. The van der Waals surface area contributed by atoms with E-state index in [-0.39, 0.29) is 0 Å². The SMILES string of the molecule is CCc1cc(C2=CCN(S(C)(=O)=O)CC2)ccc1N. The Morgan fingerprint density at radius 1 is 1.37 bits per heavy atom. The van der Waals surface area contributed by atoms with Crippen LogP contribution >= 0.6 is 0 Å². The summed E-state index contributed by atoms with van der Waals surface area (Å²) in [4.78, 5) is 0. The maximum Gasteiger partial charge on any atom is 0.211 e. The van der Waals surface area contributed by atoms with Crippen LogP contribution in [-0.4, -0.2) is 32.1 Å². The largest absolute Gasteiger partial charge is 0.399 e. The van der Waals surface area contributed by atoms with E-state index >= 15 is 0 Å². The molecule has 0 aliphatic carbocycles. The summed E-state index contributed by atoms with van der Waals surface area (Å²) in [6, 6.07) is 6.05. The maximum atomic E-state index is 11.5. The third-order valence-electron chi connectivity index (χ3n) is 3.54. The molecule has 0 amide bonds. The molecule has 1 heterocycles. The number of hydrogen-bond acceptors (Lipinski definition) is 3. The van der Waals surface area contributed by atoms with Crippen LogP contribution in [0.15, 0.2) is 24.3 Å². The first-order valence-corrected chi connectivity index (χ1v) is 8.29. The van der Waals surface area contributed by atoms with Crippen molar-refractivity contribution in [3.63, 3.8) is 0 Å². The van der Waals surface area contributed by atoms with E-state index in [1.54, 1.807) is 0 Å². The summed E-state index contributed by atoms with van der Waals surface area (Å²) in [5.41, 5.74) is 10.2. The van der Waals surface area contributed by atoms with Crippen LogP contribution in [-0.2, 0) is 16.4 Å². The maximum absolute atomic E-state index is 11.5. The number of sulfonamides is 1. The molecule has 2 N–H and O–H groups in total. The molecule has 0 fully saturated rings. The standard InChI is InChI=1S/C14H20N2O2S/c1-3-11-10-13(4-5-14(11)15)12-6-8-16(9-7-12)19(2,17)18/h4-6,10H,3,7-9,15H2,1-2H3. The molecule has 1 aliphatic rings. The summed E-state index contributed by atoms with van der Waals surface area (Å²) in [7, 11) is -3.08. The molecule has 104 valence electrons. The zero-order valence-corrected chi connectivity index (χ0v) is 12.2. The number of nitrogens with zero attached hydrogens (tertiary/aromatic N) is 1. The monoisotopic (exact) mass is 280 g/mol. The van der Waals surface area contributed by atoms with Crippen molar-refractivity contribution in [1.29, 1.82) is 0 Å². The second kappa shape index (κ2) is 5.35. The van der Waals surface area contributed by atoms with Crippen LogP contribution in [0, 0.1) is 0 Å². The van der Waals surface area contributed by atoms with Gasteiger partial charge in [-0.25, -0.2) is 8.42 Å². The smallest absolute Gasteiger partial charge is 0.211 e. The van der Waals surface area contributed by atoms with Gasteiger partial charge in [-0.2, -0.15) is 4.31 Å². The lowest BCUT2D eigenvalue weighted by Gasteiger charge is -2.24. The Hall–Kier alpha value is -1.33. The first kappa shape index (κ1) is 14.1. The topological polar surface area (TPSA) is 63.4 Å². The van der Waals surface area contributed by atoms with E-state index in [4.69, 9.17) is 5.73 Å². The second-order valence-corrected chi connectivity index (χ2v) is 6.85. The first-order valence-electron chi connectivity index (χ1n) is 6.44. The fourth-order valence-electron chi connectivity index (χ4n) is 2.33. The lowest BCUT2D eigenvalue weighted by atomic mass is 9.97. The Morgan fingerprint density at radius 3 is 2.63 bits per heavy atom. The first-order chi connectivity index (χ1) is 8.91. The quantitative estimate of drug-likeness (QED) is 0.860. The minimum absolute atomic E-state index is 0.458. The Morgan fingerprint density at radius 2 is 2.11 bits per heavy atom. The van der Waals surface area contributed by atoms with Gasteiger partial charge in [0.2, 0.25) is 10.0 Å². The van der Waals surface area contributed by atoms with E-state index < -0.39 is 10.0 Å². The van der Waals surface area contributed by atoms with Crippen molar-refractivity contribution in [3.05, 3.63) is 35.4 Å². The zero-order chi connectivity index (χ0) is 14.0. The van der Waals surface area contributed by atoms with Crippen molar-refractivity contribution in [2.45, 2.75) is 19.8 Å². The molecule has 0 saturated heterocycles. The number of hydrogen-bond donors (Lipinski definition) is 1. The summed E-state index contributed by atoms with van der Waals surface area (Å²) in [6.07, 6.45) is 4.91. The average Bonchev–Trinajstić information content (AvgIpc) is 2.38. The van der Waals surface area contributed by atoms with Gasteiger partial charge in [0.1, 0.15) is 0 Å². The van der Waals surface area contributed by atoms with Crippen LogP contribution in [0.2, 0.25) is 0 Å². The minimum Gasteiger partial charge on any atom is -0.399 e. The van der Waals surface area contributed by atoms with Gasteiger partial charge in [-0.1, -0.05) is 19.1 Å². The molecule has 0 saturated carbocycles. The lowest BCUT2D eigenvalue weighted by molar-refractivity contribution is 0.446. The third-order valence-corrected chi connectivity index (χ3v) is 4.81. The number of aryl methyl sites for hydroxylation is 1. The summed E-state index contributed by atoms with van der Waals surface area (Å²) in [5.74, 6) is 0. The van der Waals surface area contributed by atoms with Crippen LogP contribution < -0.4 is 5.73 Å². The van der Waals surface area contributed by atoms with E-state index in [2.05, 4.69) is 13.0 Å². The third kappa shape index (κ3) is 3.16. The molecule has 0 radical (unpaired) electrons. The molecule has 0 atom stereocenters. The van der Waals surface area contributed by atoms with E-state index in [0.29, 0.717) is 13.1 Å². The highest BCUT2D eigenvalue weighted by Crippen LogP contribution is 2.26. The number of anilines is 1. The van der Waals surface area contributed by atoms with Crippen LogP contribution in [0.25, 0.3) is 5.57 Å². The molecule has 0 bridgehead atoms. The van der Waals surface area contributed by atoms with Crippen molar-refractivity contribution < 1.29 is 8.42 Å². The Labute approximate surface area is 115 Å². The minimum atomic E-state index is -3.08. The van der Waals surface area contributed by atoms with Gasteiger partial charge in [-0.3, -0.25) is 0 Å². The van der Waals surface area contributed by atoms with Gasteiger partial charge >= 0.3 is 0 Å². The summed E-state index contributed by atoms with van der Waals surface area (Å²) >= 11 is 0.